The molecule has 0 fully saturated rings. The van der Waals surface area contributed by atoms with Crippen LogP contribution in [0.2, 0.25) is 0 Å². The summed E-state index contributed by atoms with van der Waals surface area (Å²) in [5.41, 5.74) is 0.532. The number of nitrogens with zero attached hydrogens (tertiary/aromatic N) is 1. The summed E-state index contributed by atoms with van der Waals surface area (Å²) < 4.78 is 0.508. The molecule has 15 heavy (non-hydrogen) atoms. The minimum absolute atomic E-state index is 0.211. The van der Waals surface area contributed by atoms with Gasteiger partial charge in [-0.1, -0.05) is 0 Å². The predicted molar refractivity (Wildman–Crippen MR) is 68.6 cm³/mol. The molecule has 0 saturated heterocycles. The second kappa shape index (κ2) is 6.17. The summed E-state index contributed by atoms with van der Waals surface area (Å²) in [6.45, 7) is 2.09. The quantitative estimate of drug-likeness (QED) is 0.872. The standard InChI is InChI=1S/C9H14BrN3OS/c1-6(3-4-15-2)12-7-5-11-13-9(14)8(7)10/h5-6H,3-4H2,1-2H3,(H2,12,13,14). The lowest BCUT2D eigenvalue weighted by molar-refractivity contribution is 0.768. The summed E-state index contributed by atoms with van der Waals surface area (Å²) in [4.78, 5) is 11.2. The number of hydrogen-bond acceptors (Lipinski definition) is 4. The molecule has 1 aromatic rings. The molecule has 84 valence electrons. The number of anilines is 1. The van der Waals surface area contributed by atoms with Gasteiger partial charge in [0, 0.05) is 6.04 Å². The Morgan fingerprint density at radius 3 is 3.13 bits per heavy atom. The molecule has 0 aromatic carbocycles. The molecule has 0 saturated carbocycles. The van der Waals surface area contributed by atoms with E-state index in [1.807, 2.05) is 11.8 Å². The molecule has 1 unspecified atom stereocenters. The van der Waals surface area contributed by atoms with E-state index in [0.29, 0.717) is 10.5 Å². The number of aromatic amines is 1. The zero-order valence-corrected chi connectivity index (χ0v) is 11.1. The van der Waals surface area contributed by atoms with Crippen molar-refractivity contribution in [3.05, 3.63) is 21.0 Å². The van der Waals surface area contributed by atoms with E-state index in [9.17, 15) is 4.79 Å². The van der Waals surface area contributed by atoms with Crippen LogP contribution in [0.4, 0.5) is 5.69 Å². The van der Waals surface area contributed by atoms with Crippen molar-refractivity contribution in [3.8, 4) is 0 Å². The molecule has 6 heteroatoms. The fourth-order valence-corrected chi connectivity index (χ4v) is 2.01. The Bertz CT molecular complexity index is 369. The summed E-state index contributed by atoms with van der Waals surface area (Å²) in [6.07, 6.45) is 4.75. The smallest absolute Gasteiger partial charge is 0.280 e. The van der Waals surface area contributed by atoms with Crippen molar-refractivity contribution in [2.24, 2.45) is 0 Å². The molecule has 1 rings (SSSR count). The molecule has 1 heterocycles. The van der Waals surface area contributed by atoms with Gasteiger partial charge in [0.15, 0.2) is 0 Å². The van der Waals surface area contributed by atoms with Crippen molar-refractivity contribution in [1.82, 2.24) is 10.2 Å². The minimum Gasteiger partial charge on any atom is -0.380 e. The highest BCUT2D eigenvalue weighted by molar-refractivity contribution is 9.10. The number of thioether (sulfide) groups is 1. The second-order valence-electron chi connectivity index (χ2n) is 3.25. The third-order valence-electron chi connectivity index (χ3n) is 1.95. The topological polar surface area (TPSA) is 57.8 Å². The van der Waals surface area contributed by atoms with Crippen molar-refractivity contribution in [2.45, 2.75) is 19.4 Å². The van der Waals surface area contributed by atoms with E-state index < -0.39 is 0 Å². The third kappa shape index (κ3) is 3.87. The van der Waals surface area contributed by atoms with Gasteiger partial charge in [-0.25, -0.2) is 5.10 Å². The van der Waals surface area contributed by atoms with E-state index in [2.05, 4.69) is 44.6 Å². The van der Waals surface area contributed by atoms with E-state index in [1.54, 1.807) is 6.20 Å². The Labute approximate surface area is 101 Å². The lowest BCUT2D eigenvalue weighted by atomic mass is 10.2. The summed E-state index contributed by atoms with van der Waals surface area (Å²) in [5.74, 6) is 1.10. The first kappa shape index (κ1) is 12.6. The molecular formula is C9H14BrN3OS. The van der Waals surface area contributed by atoms with Crippen LogP contribution in [0.5, 0.6) is 0 Å². The SMILES string of the molecule is CSCCC(C)Nc1cn[nH]c(=O)c1Br. The molecule has 4 nitrogen and oxygen atoms in total. The zero-order valence-electron chi connectivity index (χ0n) is 8.71. The summed E-state index contributed by atoms with van der Waals surface area (Å²) >= 11 is 5.04. The van der Waals surface area contributed by atoms with Gasteiger partial charge in [0.2, 0.25) is 0 Å². The van der Waals surface area contributed by atoms with Crippen LogP contribution in [0.3, 0.4) is 0 Å². The van der Waals surface area contributed by atoms with Crippen LogP contribution in [0.25, 0.3) is 0 Å². The molecule has 0 aliphatic rings. The van der Waals surface area contributed by atoms with Crippen LogP contribution in [0, 0.1) is 0 Å². The van der Waals surface area contributed by atoms with Gasteiger partial charge in [0.05, 0.1) is 11.9 Å². The van der Waals surface area contributed by atoms with E-state index in [1.165, 1.54) is 0 Å². The molecular weight excluding hydrogens is 278 g/mol. The number of hydrogen-bond donors (Lipinski definition) is 2. The Kier molecular flexibility index (Phi) is 5.17. The van der Waals surface area contributed by atoms with Gasteiger partial charge in [-0.3, -0.25) is 4.79 Å². The van der Waals surface area contributed by atoms with Crippen molar-refractivity contribution < 1.29 is 0 Å². The maximum Gasteiger partial charge on any atom is 0.280 e. The van der Waals surface area contributed by atoms with Crippen LogP contribution in [0.1, 0.15) is 13.3 Å². The Balaban J connectivity index is 2.64. The van der Waals surface area contributed by atoms with Crippen LogP contribution in [-0.4, -0.2) is 28.2 Å². The number of H-pyrrole nitrogens is 1. The number of nitrogens with one attached hydrogen (secondary N) is 2. The van der Waals surface area contributed by atoms with Crippen LogP contribution < -0.4 is 10.9 Å². The van der Waals surface area contributed by atoms with Crippen molar-refractivity contribution in [2.75, 3.05) is 17.3 Å². The Morgan fingerprint density at radius 2 is 2.47 bits per heavy atom. The van der Waals surface area contributed by atoms with Gasteiger partial charge in [0.1, 0.15) is 4.47 Å². The molecule has 1 atom stereocenters. The average Bonchev–Trinajstić information content (AvgIpc) is 2.22. The van der Waals surface area contributed by atoms with Gasteiger partial charge in [0.25, 0.3) is 5.56 Å². The maximum absolute atomic E-state index is 11.2. The Morgan fingerprint density at radius 1 is 1.73 bits per heavy atom. The molecule has 1 aromatic heterocycles. The maximum atomic E-state index is 11.2. The minimum atomic E-state index is -0.211. The van der Waals surface area contributed by atoms with Crippen LogP contribution >= 0.6 is 27.7 Å². The average molecular weight is 292 g/mol. The molecule has 0 radical (unpaired) electrons. The first-order valence-corrected chi connectivity index (χ1v) is 6.82. The lowest BCUT2D eigenvalue weighted by Gasteiger charge is -2.14. The summed E-state index contributed by atoms with van der Waals surface area (Å²) in [5, 5.41) is 9.35. The fourth-order valence-electron chi connectivity index (χ4n) is 1.12. The van der Waals surface area contributed by atoms with Crippen molar-refractivity contribution >= 4 is 33.4 Å². The van der Waals surface area contributed by atoms with Crippen molar-refractivity contribution in [1.29, 1.82) is 0 Å². The first-order valence-electron chi connectivity index (χ1n) is 4.63. The largest absolute Gasteiger partial charge is 0.380 e. The molecule has 0 aliphatic carbocycles. The summed E-state index contributed by atoms with van der Waals surface area (Å²) in [7, 11) is 0. The molecule has 2 N–H and O–H groups in total. The van der Waals surface area contributed by atoms with Gasteiger partial charge in [-0.05, 0) is 41.3 Å². The monoisotopic (exact) mass is 291 g/mol. The fraction of sp³-hybridized carbons (Fsp3) is 0.556. The molecule has 0 spiro atoms. The van der Waals surface area contributed by atoms with Crippen LogP contribution in [-0.2, 0) is 0 Å². The number of aromatic nitrogens is 2. The molecule has 0 aliphatic heterocycles. The highest BCUT2D eigenvalue weighted by Crippen LogP contribution is 2.17. The summed E-state index contributed by atoms with van der Waals surface area (Å²) in [6, 6.07) is 0.331. The van der Waals surface area contributed by atoms with Gasteiger partial charge in [-0.2, -0.15) is 16.9 Å². The Hall–Kier alpha value is -0.490. The van der Waals surface area contributed by atoms with E-state index >= 15 is 0 Å². The van der Waals surface area contributed by atoms with E-state index in [0.717, 1.165) is 17.9 Å². The zero-order chi connectivity index (χ0) is 11.3. The van der Waals surface area contributed by atoms with Crippen molar-refractivity contribution in [3.63, 3.8) is 0 Å². The predicted octanol–water partition coefficient (Wildman–Crippen LogP) is 2.09. The highest BCUT2D eigenvalue weighted by Gasteiger charge is 2.07. The third-order valence-corrected chi connectivity index (χ3v) is 3.38. The normalized spacial score (nSPS) is 12.5. The number of rotatable bonds is 5. The molecule has 0 bridgehead atoms. The lowest BCUT2D eigenvalue weighted by Crippen LogP contribution is -2.19. The van der Waals surface area contributed by atoms with E-state index in [4.69, 9.17) is 0 Å². The first-order chi connectivity index (χ1) is 7.15. The van der Waals surface area contributed by atoms with Gasteiger partial charge >= 0.3 is 0 Å². The van der Waals surface area contributed by atoms with Gasteiger partial charge < -0.3 is 5.32 Å². The second-order valence-corrected chi connectivity index (χ2v) is 5.03. The van der Waals surface area contributed by atoms with Gasteiger partial charge in [-0.15, -0.1) is 0 Å². The molecule has 0 amide bonds. The highest BCUT2D eigenvalue weighted by atomic mass is 79.9. The van der Waals surface area contributed by atoms with Crippen LogP contribution in [0.15, 0.2) is 15.5 Å². The van der Waals surface area contributed by atoms with E-state index in [-0.39, 0.29) is 5.56 Å². The number of halogens is 1.